The smallest absolute Gasteiger partial charge is 0.229 e. The molecule has 3 aromatic carbocycles. The van der Waals surface area contributed by atoms with Gasteiger partial charge in [0.25, 0.3) is 0 Å². The highest BCUT2D eigenvalue weighted by molar-refractivity contribution is 5.97. The van der Waals surface area contributed by atoms with E-state index in [0.717, 1.165) is 27.9 Å². The highest BCUT2D eigenvalue weighted by Crippen LogP contribution is 2.22. The fourth-order valence-electron chi connectivity index (χ4n) is 3.69. The van der Waals surface area contributed by atoms with Crippen molar-refractivity contribution in [1.29, 1.82) is 0 Å². The Kier molecular flexibility index (Phi) is 5.43. The molecule has 0 saturated carbocycles. The van der Waals surface area contributed by atoms with Crippen molar-refractivity contribution in [2.45, 2.75) is 25.8 Å². The fraction of sp³-hybridized carbons (Fsp3) is 0.200. The maximum absolute atomic E-state index is 12.5. The standard InChI is InChI=1S/C25H24N2O2/c1-18-7-13-23(14-8-18)27-17-22(16-25(27)29)26-24(28)15-19-9-11-21(12-10-19)20-5-3-2-4-6-20/h2-14,22H,15-17H2,1H3,(H,26,28)/t22-/m1/s1. The molecule has 1 aliphatic heterocycles. The van der Waals surface area contributed by atoms with Crippen LogP contribution in [0.25, 0.3) is 11.1 Å². The molecule has 1 saturated heterocycles. The van der Waals surface area contributed by atoms with Crippen LogP contribution < -0.4 is 10.2 Å². The van der Waals surface area contributed by atoms with Crippen molar-refractivity contribution >= 4 is 17.5 Å². The number of hydrogen-bond donors (Lipinski definition) is 1. The van der Waals surface area contributed by atoms with E-state index >= 15 is 0 Å². The number of rotatable bonds is 5. The van der Waals surface area contributed by atoms with Gasteiger partial charge in [0.15, 0.2) is 0 Å². The number of nitrogens with one attached hydrogen (secondary N) is 1. The Morgan fingerprint density at radius 1 is 0.931 bits per heavy atom. The van der Waals surface area contributed by atoms with Crippen molar-refractivity contribution in [3.05, 3.63) is 90.0 Å². The second-order valence-corrected chi connectivity index (χ2v) is 7.55. The van der Waals surface area contributed by atoms with Gasteiger partial charge in [0.2, 0.25) is 11.8 Å². The fourth-order valence-corrected chi connectivity index (χ4v) is 3.69. The number of carbonyl (C=O) groups is 2. The van der Waals surface area contributed by atoms with E-state index in [0.29, 0.717) is 19.4 Å². The lowest BCUT2D eigenvalue weighted by atomic mass is 10.0. The number of amides is 2. The molecular weight excluding hydrogens is 360 g/mol. The third kappa shape index (κ3) is 4.54. The average Bonchev–Trinajstić information content (AvgIpc) is 3.09. The van der Waals surface area contributed by atoms with Gasteiger partial charge in [-0.15, -0.1) is 0 Å². The van der Waals surface area contributed by atoms with Crippen molar-refractivity contribution in [3.8, 4) is 11.1 Å². The summed E-state index contributed by atoms with van der Waals surface area (Å²) >= 11 is 0. The van der Waals surface area contributed by atoms with Gasteiger partial charge in [-0.25, -0.2) is 0 Å². The van der Waals surface area contributed by atoms with Crippen LogP contribution in [-0.2, 0) is 16.0 Å². The molecule has 0 spiro atoms. The molecule has 1 fully saturated rings. The Morgan fingerprint density at radius 3 is 2.28 bits per heavy atom. The van der Waals surface area contributed by atoms with Gasteiger partial charge >= 0.3 is 0 Å². The summed E-state index contributed by atoms with van der Waals surface area (Å²) in [5, 5.41) is 3.01. The zero-order valence-electron chi connectivity index (χ0n) is 16.5. The summed E-state index contributed by atoms with van der Waals surface area (Å²) in [7, 11) is 0. The molecule has 0 aromatic heterocycles. The van der Waals surface area contributed by atoms with E-state index in [1.807, 2.05) is 73.7 Å². The molecule has 0 aliphatic carbocycles. The van der Waals surface area contributed by atoms with Crippen molar-refractivity contribution in [1.82, 2.24) is 5.32 Å². The predicted octanol–water partition coefficient (Wildman–Crippen LogP) is 4.13. The van der Waals surface area contributed by atoms with Crippen LogP contribution in [-0.4, -0.2) is 24.4 Å². The van der Waals surface area contributed by atoms with E-state index in [4.69, 9.17) is 0 Å². The SMILES string of the molecule is Cc1ccc(N2C[C@H](NC(=O)Cc3ccc(-c4ccccc4)cc3)CC2=O)cc1. The van der Waals surface area contributed by atoms with Crippen LogP contribution in [0.1, 0.15) is 17.5 Å². The first-order chi connectivity index (χ1) is 14.1. The van der Waals surface area contributed by atoms with Gasteiger partial charge in [0.05, 0.1) is 12.5 Å². The van der Waals surface area contributed by atoms with Crippen LogP contribution in [0, 0.1) is 6.92 Å². The van der Waals surface area contributed by atoms with Crippen molar-refractivity contribution in [2.75, 3.05) is 11.4 Å². The zero-order valence-corrected chi connectivity index (χ0v) is 16.5. The van der Waals surface area contributed by atoms with Crippen molar-refractivity contribution < 1.29 is 9.59 Å². The highest BCUT2D eigenvalue weighted by atomic mass is 16.2. The molecule has 1 aliphatic rings. The number of benzene rings is 3. The molecule has 0 bridgehead atoms. The van der Waals surface area contributed by atoms with Crippen LogP contribution in [0.5, 0.6) is 0 Å². The average molecular weight is 384 g/mol. The van der Waals surface area contributed by atoms with Crippen molar-refractivity contribution in [2.24, 2.45) is 0 Å². The number of carbonyl (C=O) groups excluding carboxylic acids is 2. The Balaban J connectivity index is 1.34. The molecule has 4 heteroatoms. The summed E-state index contributed by atoms with van der Waals surface area (Å²) in [6, 6.07) is 25.9. The van der Waals surface area contributed by atoms with Crippen LogP contribution in [0.15, 0.2) is 78.9 Å². The van der Waals surface area contributed by atoms with E-state index in [9.17, 15) is 9.59 Å². The topological polar surface area (TPSA) is 49.4 Å². The minimum absolute atomic E-state index is 0.0476. The second-order valence-electron chi connectivity index (χ2n) is 7.55. The van der Waals surface area contributed by atoms with Crippen molar-refractivity contribution in [3.63, 3.8) is 0 Å². The van der Waals surface area contributed by atoms with Gasteiger partial charge in [0.1, 0.15) is 0 Å². The molecule has 2 amide bonds. The van der Waals surface area contributed by atoms with Crippen LogP contribution >= 0.6 is 0 Å². The monoisotopic (exact) mass is 384 g/mol. The lowest BCUT2D eigenvalue weighted by Crippen LogP contribution is -2.38. The molecule has 146 valence electrons. The third-order valence-electron chi connectivity index (χ3n) is 5.26. The van der Waals surface area contributed by atoms with Gasteiger partial charge < -0.3 is 10.2 Å². The summed E-state index contributed by atoms with van der Waals surface area (Å²) in [6.45, 7) is 2.53. The first-order valence-corrected chi connectivity index (χ1v) is 9.89. The molecule has 29 heavy (non-hydrogen) atoms. The Labute approximate surface area is 171 Å². The lowest BCUT2D eigenvalue weighted by Gasteiger charge is -2.17. The normalized spacial score (nSPS) is 16.1. The molecule has 1 N–H and O–H groups in total. The third-order valence-corrected chi connectivity index (χ3v) is 5.26. The molecular formula is C25H24N2O2. The largest absolute Gasteiger partial charge is 0.351 e. The first-order valence-electron chi connectivity index (χ1n) is 9.89. The van der Waals surface area contributed by atoms with Crippen LogP contribution in [0.3, 0.4) is 0 Å². The maximum atomic E-state index is 12.5. The highest BCUT2D eigenvalue weighted by Gasteiger charge is 2.31. The molecule has 1 atom stereocenters. The van der Waals surface area contributed by atoms with Gasteiger partial charge in [-0.1, -0.05) is 72.3 Å². The van der Waals surface area contributed by atoms with Gasteiger partial charge in [0, 0.05) is 18.7 Å². The Bertz CT molecular complexity index is 995. The van der Waals surface area contributed by atoms with E-state index < -0.39 is 0 Å². The van der Waals surface area contributed by atoms with E-state index in [1.54, 1.807) is 4.90 Å². The second kappa shape index (κ2) is 8.31. The molecule has 4 rings (SSSR count). The minimum Gasteiger partial charge on any atom is -0.351 e. The Hall–Kier alpha value is -3.40. The first kappa shape index (κ1) is 18.9. The Morgan fingerprint density at radius 2 is 1.59 bits per heavy atom. The number of nitrogens with zero attached hydrogens (tertiary/aromatic N) is 1. The molecule has 0 radical (unpaired) electrons. The predicted molar refractivity (Wildman–Crippen MR) is 116 cm³/mol. The summed E-state index contributed by atoms with van der Waals surface area (Å²) < 4.78 is 0. The summed E-state index contributed by atoms with van der Waals surface area (Å²) in [4.78, 5) is 26.6. The van der Waals surface area contributed by atoms with E-state index in [-0.39, 0.29) is 17.9 Å². The van der Waals surface area contributed by atoms with Crippen LogP contribution in [0.2, 0.25) is 0 Å². The zero-order chi connectivity index (χ0) is 20.2. The summed E-state index contributed by atoms with van der Waals surface area (Å²) in [6.07, 6.45) is 0.650. The number of aryl methyl sites for hydroxylation is 1. The van der Waals surface area contributed by atoms with E-state index in [2.05, 4.69) is 17.4 Å². The summed E-state index contributed by atoms with van der Waals surface area (Å²) in [5.74, 6) is -0.00705. The molecule has 4 nitrogen and oxygen atoms in total. The van der Waals surface area contributed by atoms with Gasteiger partial charge in [-0.3, -0.25) is 9.59 Å². The van der Waals surface area contributed by atoms with Gasteiger partial charge in [-0.05, 0) is 35.7 Å². The summed E-state index contributed by atoms with van der Waals surface area (Å²) in [5.41, 5.74) is 5.29. The number of hydrogen-bond acceptors (Lipinski definition) is 2. The number of anilines is 1. The van der Waals surface area contributed by atoms with Gasteiger partial charge in [-0.2, -0.15) is 0 Å². The minimum atomic E-state index is -0.153. The molecule has 3 aromatic rings. The molecule has 0 unspecified atom stereocenters. The van der Waals surface area contributed by atoms with Crippen LogP contribution in [0.4, 0.5) is 5.69 Å². The lowest BCUT2D eigenvalue weighted by molar-refractivity contribution is -0.121. The van der Waals surface area contributed by atoms with E-state index in [1.165, 1.54) is 0 Å². The maximum Gasteiger partial charge on any atom is 0.229 e. The quantitative estimate of drug-likeness (QED) is 0.719. The molecule has 1 heterocycles.